The molecule has 1 aliphatic heterocycles. The predicted molar refractivity (Wildman–Crippen MR) is 98.6 cm³/mol. The fourth-order valence-corrected chi connectivity index (χ4v) is 3.86. The summed E-state index contributed by atoms with van der Waals surface area (Å²) in [5.74, 6) is 0.935. The lowest BCUT2D eigenvalue weighted by molar-refractivity contribution is 0.340. The number of ether oxygens (including phenoxy) is 1. The first kappa shape index (κ1) is 15.1. The van der Waals surface area contributed by atoms with Crippen LogP contribution in [0.2, 0.25) is 0 Å². The van der Waals surface area contributed by atoms with Crippen LogP contribution >= 0.6 is 0 Å². The van der Waals surface area contributed by atoms with E-state index >= 15 is 0 Å². The normalized spacial score (nSPS) is 12.8. The van der Waals surface area contributed by atoms with Crippen LogP contribution < -0.4 is 4.74 Å². The average Bonchev–Trinajstić information content (AvgIpc) is 3.16. The lowest BCUT2D eigenvalue weighted by Gasteiger charge is -2.21. The van der Waals surface area contributed by atoms with Crippen molar-refractivity contribution in [2.75, 3.05) is 6.61 Å². The maximum Gasteiger partial charge on any atom is 0.119 e. The van der Waals surface area contributed by atoms with E-state index in [4.69, 9.17) is 4.74 Å². The molecule has 0 saturated carbocycles. The van der Waals surface area contributed by atoms with Gasteiger partial charge in [0.05, 0.1) is 18.0 Å². The van der Waals surface area contributed by atoms with Crippen LogP contribution in [0, 0.1) is 6.92 Å². The van der Waals surface area contributed by atoms with Crippen molar-refractivity contribution >= 4 is 0 Å². The van der Waals surface area contributed by atoms with E-state index in [1.54, 1.807) is 0 Å². The molecular weight excluding hydrogens is 296 g/mol. The van der Waals surface area contributed by atoms with E-state index in [2.05, 4.69) is 65.6 Å². The van der Waals surface area contributed by atoms with Gasteiger partial charge in [-0.2, -0.15) is 0 Å². The Bertz CT molecular complexity index is 868. The van der Waals surface area contributed by atoms with Gasteiger partial charge in [0.2, 0.25) is 0 Å². The SMILES string of the molecule is CCOc1ccc(-c2cn3c(c2C)-c2ccc(CC)n2CC3)cc1. The first-order valence-electron chi connectivity index (χ1n) is 8.84. The zero-order valence-electron chi connectivity index (χ0n) is 14.7. The summed E-state index contributed by atoms with van der Waals surface area (Å²) in [7, 11) is 0. The van der Waals surface area contributed by atoms with E-state index < -0.39 is 0 Å². The molecule has 1 aliphatic rings. The van der Waals surface area contributed by atoms with E-state index in [9.17, 15) is 0 Å². The molecular formula is C21H24N2O. The summed E-state index contributed by atoms with van der Waals surface area (Å²) in [6.07, 6.45) is 3.40. The number of hydrogen-bond acceptors (Lipinski definition) is 1. The van der Waals surface area contributed by atoms with E-state index in [1.807, 2.05) is 6.92 Å². The van der Waals surface area contributed by atoms with Crippen LogP contribution in [0.4, 0.5) is 0 Å². The van der Waals surface area contributed by atoms with Crippen molar-refractivity contribution < 1.29 is 4.74 Å². The molecule has 24 heavy (non-hydrogen) atoms. The highest BCUT2D eigenvalue weighted by Crippen LogP contribution is 2.37. The lowest BCUT2D eigenvalue weighted by atomic mass is 10.0. The molecule has 124 valence electrons. The standard InChI is InChI=1S/C21H24N2O/c1-4-17-8-11-20-21-15(3)19(14-22(21)12-13-23(17)20)16-6-9-18(10-7-16)24-5-2/h6-11,14H,4-5,12-13H2,1-3H3. The molecule has 0 spiro atoms. The lowest BCUT2D eigenvalue weighted by Crippen LogP contribution is -2.17. The first-order chi connectivity index (χ1) is 11.7. The third-order valence-electron chi connectivity index (χ3n) is 5.05. The van der Waals surface area contributed by atoms with Crippen molar-refractivity contribution in [1.29, 1.82) is 0 Å². The van der Waals surface area contributed by atoms with Gasteiger partial charge in [-0.25, -0.2) is 0 Å². The smallest absolute Gasteiger partial charge is 0.119 e. The monoisotopic (exact) mass is 320 g/mol. The van der Waals surface area contributed by atoms with Gasteiger partial charge in [-0.3, -0.25) is 0 Å². The zero-order chi connectivity index (χ0) is 16.7. The number of benzene rings is 1. The fraction of sp³-hybridized carbons (Fsp3) is 0.333. The predicted octanol–water partition coefficient (Wildman–Crippen LogP) is 4.91. The average molecular weight is 320 g/mol. The number of rotatable bonds is 4. The molecule has 0 bridgehead atoms. The minimum Gasteiger partial charge on any atom is -0.494 e. The Balaban J connectivity index is 1.78. The third kappa shape index (κ3) is 2.27. The Labute approximate surface area is 143 Å². The molecule has 3 aromatic rings. The molecule has 3 heteroatoms. The third-order valence-corrected chi connectivity index (χ3v) is 5.05. The largest absolute Gasteiger partial charge is 0.494 e. The van der Waals surface area contributed by atoms with Crippen molar-refractivity contribution in [1.82, 2.24) is 9.13 Å². The minimum atomic E-state index is 0.704. The van der Waals surface area contributed by atoms with Crippen molar-refractivity contribution in [3.8, 4) is 28.3 Å². The summed E-state index contributed by atoms with van der Waals surface area (Å²) in [4.78, 5) is 0. The van der Waals surface area contributed by atoms with Crippen LogP contribution in [0.1, 0.15) is 25.1 Å². The van der Waals surface area contributed by atoms with Gasteiger partial charge in [0.25, 0.3) is 0 Å². The topological polar surface area (TPSA) is 19.1 Å². The van der Waals surface area contributed by atoms with Crippen LogP contribution in [0.15, 0.2) is 42.6 Å². The maximum atomic E-state index is 5.56. The summed E-state index contributed by atoms with van der Waals surface area (Å²) in [5.41, 5.74) is 8.09. The van der Waals surface area contributed by atoms with Crippen LogP contribution in [0.3, 0.4) is 0 Å². The quantitative estimate of drug-likeness (QED) is 0.668. The molecule has 4 rings (SSSR count). The fourth-order valence-electron chi connectivity index (χ4n) is 3.86. The van der Waals surface area contributed by atoms with Crippen molar-refractivity contribution in [3.05, 3.63) is 53.9 Å². The second-order valence-corrected chi connectivity index (χ2v) is 6.38. The molecule has 0 radical (unpaired) electrons. The van der Waals surface area contributed by atoms with Crippen LogP contribution in [0.5, 0.6) is 5.75 Å². The summed E-state index contributed by atoms with van der Waals surface area (Å²) in [5, 5.41) is 0. The van der Waals surface area contributed by atoms with Gasteiger partial charge in [0, 0.05) is 30.5 Å². The molecule has 2 aromatic heterocycles. The Morgan fingerprint density at radius 2 is 1.79 bits per heavy atom. The Morgan fingerprint density at radius 1 is 1.00 bits per heavy atom. The second kappa shape index (κ2) is 5.90. The number of fused-ring (bicyclic) bond motifs is 3. The molecule has 0 amide bonds. The van der Waals surface area contributed by atoms with E-state index in [1.165, 1.54) is 33.8 Å². The van der Waals surface area contributed by atoms with Gasteiger partial charge in [-0.05, 0) is 55.7 Å². The number of nitrogens with zero attached hydrogens (tertiary/aromatic N) is 2. The summed E-state index contributed by atoms with van der Waals surface area (Å²) in [6, 6.07) is 13.0. The van der Waals surface area contributed by atoms with Gasteiger partial charge in [0.15, 0.2) is 0 Å². The zero-order valence-corrected chi connectivity index (χ0v) is 14.7. The summed E-state index contributed by atoms with van der Waals surface area (Å²) >= 11 is 0. The van der Waals surface area contributed by atoms with Crippen molar-refractivity contribution in [3.63, 3.8) is 0 Å². The Kier molecular flexibility index (Phi) is 3.72. The molecule has 3 heterocycles. The Hall–Kier alpha value is -2.42. The molecule has 0 N–H and O–H groups in total. The van der Waals surface area contributed by atoms with Crippen molar-refractivity contribution in [2.24, 2.45) is 0 Å². The summed E-state index contributed by atoms with van der Waals surface area (Å²) in [6.45, 7) is 9.30. The van der Waals surface area contributed by atoms with Crippen LogP contribution in [0.25, 0.3) is 22.5 Å². The highest BCUT2D eigenvalue weighted by Gasteiger charge is 2.22. The Morgan fingerprint density at radius 3 is 2.50 bits per heavy atom. The highest BCUT2D eigenvalue weighted by atomic mass is 16.5. The van der Waals surface area contributed by atoms with Crippen LogP contribution in [-0.4, -0.2) is 15.7 Å². The van der Waals surface area contributed by atoms with Gasteiger partial charge in [0.1, 0.15) is 5.75 Å². The highest BCUT2D eigenvalue weighted by molar-refractivity contribution is 5.77. The van der Waals surface area contributed by atoms with E-state index in [0.29, 0.717) is 6.61 Å². The molecule has 0 atom stereocenters. The van der Waals surface area contributed by atoms with E-state index in [0.717, 1.165) is 25.3 Å². The van der Waals surface area contributed by atoms with Crippen LogP contribution in [-0.2, 0) is 19.5 Å². The molecule has 0 fully saturated rings. The van der Waals surface area contributed by atoms with Gasteiger partial charge >= 0.3 is 0 Å². The number of hydrogen-bond donors (Lipinski definition) is 0. The molecule has 1 aromatic carbocycles. The van der Waals surface area contributed by atoms with E-state index in [-0.39, 0.29) is 0 Å². The van der Waals surface area contributed by atoms with Gasteiger partial charge < -0.3 is 13.9 Å². The van der Waals surface area contributed by atoms with Crippen molar-refractivity contribution in [2.45, 2.75) is 40.3 Å². The number of aromatic nitrogens is 2. The second-order valence-electron chi connectivity index (χ2n) is 6.38. The molecule has 0 aliphatic carbocycles. The number of aryl methyl sites for hydroxylation is 2. The minimum absolute atomic E-state index is 0.704. The summed E-state index contributed by atoms with van der Waals surface area (Å²) < 4.78 is 10.5. The molecule has 0 saturated heterocycles. The molecule has 3 nitrogen and oxygen atoms in total. The maximum absolute atomic E-state index is 5.56. The first-order valence-corrected chi connectivity index (χ1v) is 8.84. The molecule has 0 unspecified atom stereocenters. The van der Waals surface area contributed by atoms with Gasteiger partial charge in [-0.1, -0.05) is 19.1 Å². The van der Waals surface area contributed by atoms with Gasteiger partial charge in [-0.15, -0.1) is 0 Å².